The molecular weight excluding hydrogens is 436 g/mol. The molecule has 0 aliphatic carbocycles. The molecule has 0 amide bonds. The third-order valence-corrected chi connectivity index (χ3v) is 5.94. The van der Waals surface area contributed by atoms with Crippen molar-refractivity contribution in [1.29, 1.82) is 0 Å². The molecule has 0 spiro atoms. The van der Waals surface area contributed by atoms with Crippen LogP contribution in [-0.2, 0) is 28.5 Å². The van der Waals surface area contributed by atoms with Crippen LogP contribution in [-0.4, -0.2) is 26.1 Å². The fourth-order valence-electron chi connectivity index (χ4n) is 4.05. The minimum atomic E-state index is -4.81. The maximum atomic E-state index is 14.7. The van der Waals surface area contributed by atoms with E-state index in [1.807, 2.05) is 24.3 Å². The van der Waals surface area contributed by atoms with Crippen molar-refractivity contribution in [3.63, 3.8) is 0 Å². The summed E-state index contributed by atoms with van der Waals surface area (Å²) in [5.74, 6) is -1.42. The topological polar surface area (TPSA) is 27.7 Å². The predicted octanol–water partition coefficient (Wildman–Crippen LogP) is 7.07. The van der Waals surface area contributed by atoms with Gasteiger partial charge in [-0.15, -0.1) is 0 Å². The Bertz CT molecular complexity index is 872. The molecule has 1 aliphatic rings. The highest BCUT2D eigenvalue weighted by atomic mass is 19.4. The normalized spacial score (nSPS) is 19.0. The first-order chi connectivity index (χ1) is 15.8. The van der Waals surface area contributed by atoms with Gasteiger partial charge in [0.15, 0.2) is 6.29 Å². The van der Waals surface area contributed by atoms with Crippen LogP contribution in [0.1, 0.15) is 67.7 Å². The van der Waals surface area contributed by atoms with Crippen LogP contribution >= 0.6 is 0 Å². The van der Waals surface area contributed by atoms with E-state index in [-0.39, 0.29) is 24.9 Å². The van der Waals surface area contributed by atoms with Gasteiger partial charge in [-0.05, 0) is 61.8 Å². The molecule has 0 N–H and O–H groups in total. The molecule has 2 aromatic rings. The van der Waals surface area contributed by atoms with Gasteiger partial charge in [-0.25, -0.2) is 4.39 Å². The summed E-state index contributed by atoms with van der Waals surface area (Å²) in [6, 6.07) is 10.5. The van der Waals surface area contributed by atoms with Crippen molar-refractivity contribution in [2.45, 2.75) is 70.8 Å². The number of hydrogen-bond donors (Lipinski definition) is 0. The Morgan fingerprint density at radius 3 is 2.36 bits per heavy atom. The van der Waals surface area contributed by atoms with Crippen LogP contribution in [0.5, 0.6) is 5.75 Å². The monoisotopic (exact) mass is 468 g/mol. The Labute approximate surface area is 193 Å². The second kappa shape index (κ2) is 11.8. The van der Waals surface area contributed by atoms with E-state index in [1.54, 1.807) is 6.92 Å². The van der Waals surface area contributed by atoms with Gasteiger partial charge in [0.25, 0.3) is 0 Å². The van der Waals surface area contributed by atoms with Crippen molar-refractivity contribution in [3.05, 3.63) is 64.5 Å². The Morgan fingerprint density at radius 1 is 1.00 bits per heavy atom. The van der Waals surface area contributed by atoms with Gasteiger partial charge in [-0.2, -0.15) is 13.2 Å². The van der Waals surface area contributed by atoms with E-state index in [4.69, 9.17) is 14.2 Å². The molecule has 0 radical (unpaired) electrons. The first kappa shape index (κ1) is 25.5. The third-order valence-electron chi connectivity index (χ3n) is 5.94. The predicted molar refractivity (Wildman–Crippen MR) is 119 cm³/mol. The number of alkyl halides is 3. The molecule has 1 saturated heterocycles. The summed E-state index contributed by atoms with van der Waals surface area (Å²) in [6.07, 6.45) is -0.366. The fourth-order valence-corrected chi connectivity index (χ4v) is 4.05. The lowest BCUT2D eigenvalue weighted by Crippen LogP contribution is -2.27. The molecule has 33 heavy (non-hydrogen) atoms. The lowest BCUT2D eigenvalue weighted by Gasteiger charge is -2.29. The summed E-state index contributed by atoms with van der Waals surface area (Å²) >= 11 is 0. The second-order valence-corrected chi connectivity index (χ2v) is 8.35. The van der Waals surface area contributed by atoms with E-state index in [2.05, 4.69) is 6.92 Å². The maximum Gasteiger partial charge on any atom is 0.422 e. The van der Waals surface area contributed by atoms with Crippen molar-refractivity contribution in [2.75, 3.05) is 19.8 Å². The number of ether oxygens (including phenoxy) is 3. The highest BCUT2D eigenvalue weighted by Gasteiger charge is 2.39. The van der Waals surface area contributed by atoms with E-state index in [0.717, 1.165) is 43.4 Å². The molecule has 3 nitrogen and oxygen atoms in total. The molecule has 1 heterocycles. The molecular formula is C26H32F4O3. The number of hydrogen-bond acceptors (Lipinski definition) is 3. The summed E-state index contributed by atoms with van der Waals surface area (Å²) in [4.78, 5) is 0. The van der Waals surface area contributed by atoms with Crippen LogP contribution in [0, 0.1) is 5.82 Å². The van der Waals surface area contributed by atoms with Gasteiger partial charge in [0, 0.05) is 12.5 Å². The van der Waals surface area contributed by atoms with Gasteiger partial charge in [-0.3, -0.25) is 0 Å². The van der Waals surface area contributed by atoms with Gasteiger partial charge < -0.3 is 14.2 Å². The largest absolute Gasteiger partial charge is 0.493 e. The molecule has 182 valence electrons. The van der Waals surface area contributed by atoms with Crippen LogP contribution in [0.15, 0.2) is 36.4 Å². The minimum Gasteiger partial charge on any atom is -0.493 e. The average molecular weight is 469 g/mol. The molecule has 3 rings (SSSR count). The van der Waals surface area contributed by atoms with Crippen LogP contribution in [0.3, 0.4) is 0 Å². The quantitative estimate of drug-likeness (QED) is 0.276. The smallest absolute Gasteiger partial charge is 0.422 e. The van der Waals surface area contributed by atoms with Crippen molar-refractivity contribution >= 4 is 0 Å². The Hall–Kier alpha value is -2.12. The number of benzene rings is 2. The van der Waals surface area contributed by atoms with Crippen LogP contribution in [0.4, 0.5) is 17.6 Å². The van der Waals surface area contributed by atoms with E-state index in [0.29, 0.717) is 18.9 Å². The number of halogens is 4. The standard InChI is InChI=1S/C26H32F4O3/c1-3-5-16-32-23-15-13-21(17-33-23)19-9-6-18(7-10-19)8-11-20-12-14-22(31-4-2)24(25(20)27)26(28,29)30/h6-7,9-10,12,14,21,23H,3-5,8,11,13,15-17H2,1-2H3. The summed E-state index contributed by atoms with van der Waals surface area (Å²) in [5.41, 5.74) is 0.812. The third kappa shape index (κ3) is 6.93. The van der Waals surface area contributed by atoms with E-state index in [9.17, 15) is 17.6 Å². The van der Waals surface area contributed by atoms with E-state index in [1.165, 1.54) is 12.1 Å². The summed E-state index contributed by atoms with van der Waals surface area (Å²) in [7, 11) is 0. The van der Waals surface area contributed by atoms with Gasteiger partial charge in [-0.1, -0.05) is 43.7 Å². The van der Waals surface area contributed by atoms with Crippen LogP contribution in [0.2, 0.25) is 0 Å². The lowest BCUT2D eigenvalue weighted by molar-refractivity contribution is -0.167. The molecule has 1 fully saturated rings. The number of rotatable bonds is 10. The van der Waals surface area contributed by atoms with Gasteiger partial charge in [0.2, 0.25) is 0 Å². The molecule has 2 atom stereocenters. The van der Waals surface area contributed by atoms with Crippen molar-refractivity contribution in [2.24, 2.45) is 0 Å². The zero-order chi connectivity index (χ0) is 23.8. The summed E-state index contributed by atoms with van der Waals surface area (Å²) in [5, 5.41) is 0. The average Bonchev–Trinajstić information content (AvgIpc) is 2.79. The summed E-state index contributed by atoms with van der Waals surface area (Å²) in [6.45, 7) is 5.05. The Balaban J connectivity index is 1.58. The van der Waals surface area contributed by atoms with Crippen molar-refractivity contribution < 1.29 is 31.8 Å². The van der Waals surface area contributed by atoms with Crippen molar-refractivity contribution in [3.8, 4) is 5.75 Å². The van der Waals surface area contributed by atoms with Gasteiger partial charge in [0.1, 0.15) is 17.1 Å². The molecule has 2 unspecified atom stereocenters. The van der Waals surface area contributed by atoms with Crippen molar-refractivity contribution in [1.82, 2.24) is 0 Å². The maximum absolute atomic E-state index is 14.7. The summed E-state index contributed by atoms with van der Waals surface area (Å²) < 4.78 is 71.3. The SMILES string of the molecule is CCCCOC1CCC(c2ccc(CCc3ccc(OCC)c(C(F)(F)F)c3F)cc2)CO1. The molecule has 0 bridgehead atoms. The van der Waals surface area contributed by atoms with Crippen LogP contribution in [0.25, 0.3) is 0 Å². The molecule has 1 aliphatic heterocycles. The highest BCUT2D eigenvalue weighted by molar-refractivity contribution is 5.41. The van der Waals surface area contributed by atoms with Gasteiger partial charge >= 0.3 is 6.18 Å². The molecule has 0 aromatic heterocycles. The van der Waals surface area contributed by atoms with E-state index < -0.39 is 23.3 Å². The number of aryl methyl sites for hydroxylation is 2. The molecule has 7 heteroatoms. The first-order valence-electron chi connectivity index (χ1n) is 11.7. The zero-order valence-electron chi connectivity index (χ0n) is 19.2. The fraction of sp³-hybridized carbons (Fsp3) is 0.538. The Morgan fingerprint density at radius 2 is 1.76 bits per heavy atom. The minimum absolute atomic E-state index is 0.0321. The Kier molecular flexibility index (Phi) is 9.15. The molecule has 2 aromatic carbocycles. The number of unbranched alkanes of at least 4 members (excludes halogenated alkanes) is 1. The lowest BCUT2D eigenvalue weighted by atomic mass is 9.91. The highest BCUT2D eigenvalue weighted by Crippen LogP contribution is 2.39. The van der Waals surface area contributed by atoms with E-state index >= 15 is 0 Å². The van der Waals surface area contributed by atoms with Gasteiger partial charge in [0.05, 0.1) is 13.2 Å². The second-order valence-electron chi connectivity index (χ2n) is 8.35. The van der Waals surface area contributed by atoms with Crippen LogP contribution < -0.4 is 4.74 Å². The first-order valence-corrected chi connectivity index (χ1v) is 11.7. The zero-order valence-corrected chi connectivity index (χ0v) is 19.2. The molecule has 0 saturated carbocycles.